The largest absolute Gasteiger partial charge is 0.356 e. The molecule has 1 aliphatic heterocycles. The quantitative estimate of drug-likeness (QED) is 0.275. The average molecular weight is 385 g/mol. The Labute approximate surface area is 175 Å². The molecule has 2 nitrogen and oxygen atoms in total. The number of unbranched alkanes of at least 4 members (excludes halogenated alkanes) is 10. The predicted molar refractivity (Wildman–Crippen MR) is 123 cm³/mol. The first-order chi connectivity index (χ1) is 13.8. The van der Waals surface area contributed by atoms with Crippen LogP contribution in [0.3, 0.4) is 0 Å². The van der Waals surface area contributed by atoms with Gasteiger partial charge in [-0.1, -0.05) is 108 Å². The minimum absolute atomic E-state index is 0.508. The molecule has 1 aliphatic rings. The summed E-state index contributed by atoms with van der Waals surface area (Å²) in [5, 5.41) is 0. The summed E-state index contributed by atoms with van der Waals surface area (Å²) in [5.41, 5.74) is 1.45. The van der Waals surface area contributed by atoms with Crippen LogP contribution >= 0.6 is 0 Å². The Morgan fingerprint density at radius 1 is 0.607 bits per heavy atom. The van der Waals surface area contributed by atoms with Crippen LogP contribution in [0, 0.1) is 0 Å². The van der Waals surface area contributed by atoms with Crippen LogP contribution in [0.2, 0.25) is 0 Å². The van der Waals surface area contributed by atoms with Gasteiger partial charge in [0.25, 0.3) is 0 Å². The van der Waals surface area contributed by atoms with E-state index in [0.717, 1.165) is 6.42 Å². The zero-order valence-corrected chi connectivity index (χ0v) is 18.6. The molecule has 0 saturated heterocycles. The van der Waals surface area contributed by atoms with Crippen molar-refractivity contribution in [3.63, 3.8) is 0 Å². The van der Waals surface area contributed by atoms with Crippen LogP contribution < -0.4 is 0 Å². The van der Waals surface area contributed by atoms with Crippen LogP contribution in [-0.2, 0) is 6.42 Å². The van der Waals surface area contributed by atoms with E-state index in [1.54, 1.807) is 0 Å². The highest BCUT2D eigenvalue weighted by Crippen LogP contribution is 2.22. The second-order valence-corrected chi connectivity index (χ2v) is 8.48. The SMILES string of the molecule is CCCCCCCCCCCN1C=CN(CCCCC)C1Cc1ccccc1. The average Bonchev–Trinajstić information content (AvgIpc) is 3.09. The molecule has 0 bridgehead atoms. The molecule has 1 atom stereocenters. The van der Waals surface area contributed by atoms with E-state index in [0.29, 0.717) is 6.17 Å². The van der Waals surface area contributed by atoms with Crippen molar-refractivity contribution < 1.29 is 0 Å². The van der Waals surface area contributed by atoms with Crippen LogP contribution in [0.5, 0.6) is 0 Å². The summed E-state index contributed by atoms with van der Waals surface area (Å²) in [4.78, 5) is 5.18. The predicted octanol–water partition coefficient (Wildman–Crippen LogP) is 7.37. The molecule has 0 amide bonds. The Hall–Kier alpha value is -1.44. The van der Waals surface area contributed by atoms with Crippen molar-refractivity contribution in [3.8, 4) is 0 Å². The fraction of sp³-hybridized carbons (Fsp3) is 0.692. The van der Waals surface area contributed by atoms with E-state index in [1.807, 2.05) is 0 Å². The lowest BCUT2D eigenvalue weighted by Gasteiger charge is -2.33. The third-order valence-electron chi connectivity index (χ3n) is 6.02. The maximum absolute atomic E-state index is 2.60. The van der Waals surface area contributed by atoms with E-state index >= 15 is 0 Å². The highest BCUT2D eigenvalue weighted by Gasteiger charge is 2.25. The molecule has 1 aromatic carbocycles. The lowest BCUT2D eigenvalue weighted by Crippen LogP contribution is -2.41. The van der Waals surface area contributed by atoms with E-state index in [-0.39, 0.29) is 0 Å². The van der Waals surface area contributed by atoms with E-state index in [1.165, 1.54) is 95.7 Å². The molecule has 0 saturated carbocycles. The maximum atomic E-state index is 2.60. The summed E-state index contributed by atoms with van der Waals surface area (Å²) >= 11 is 0. The van der Waals surface area contributed by atoms with Gasteiger partial charge >= 0.3 is 0 Å². The summed E-state index contributed by atoms with van der Waals surface area (Å²) in [6.07, 6.45) is 22.9. The highest BCUT2D eigenvalue weighted by atomic mass is 15.4. The minimum Gasteiger partial charge on any atom is -0.356 e. The molecule has 1 aromatic rings. The highest BCUT2D eigenvalue weighted by molar-refractivity contribution is 5.17. The van der Waals surface area contributed by atoms with E-state index < -0.39 is 0 Å². The summed E-state index contributed by atoms with van der Waals surface area (Å²) < 4.78 is 0. The van der Waals surface area contributed by atoms with Gasteiger partial charge in [0, 0.05) is 31.9 Å². The molecule has 28 heavy (non-hydrogen) atoms. The molecule has 0 spiro atoms. The Balaban J connectivity index is 1.71. The Bertz CT molecular complexity index is 510. The second-order valence-electron chi connectivity index (χ2n) is 8.48. The Morgan fingerprint density at radius 3 is 1.64 bits per heavy atom. The minimum atomic E-state index is 0.508. The van der Waals surface area contributed by atoms with Gasteiger partial charge in [0.05, 0.1) is 0 Å². The van der Waals surface area contributed by atoms with E-state index in [4.69, 9.17) is 0 Å². The first kappa shape index (κ1) is 22.8. The Morgan fingerprint density at radius 2 is 1.07 bits per heavy atom. The van der Waals surface area contributed by atoms with Gasteiger partial charge in [-0.25, -0.2) is 0 Å². The zero-order valence-electron chi connectivity index (χ0n) is 18.6. The van der Waals surface area contributed by atoms with E-state index in [2.05, 4.69) is 66.4 Å². The zero-order chi connectivity index (χ0) is 19.9. The molecule has 1 unspecified atom stereocenters. The van der Waals surface area contributed by atoms with Gasteiger partial charge in [-0.05, 0) is 18.4 Å². The van der Waals surface area contributed by atoms with Crippen LogP contribution in [0.15, 0.2) is 42.7 Å². The van der Waals surface area contributed by atoms with Gasteiger partial charge in [-0.3, -0.25) is 0 Å². The van der Waals surface area contributed by atoms with Crippen molar-refractivity contribution in [2.24, 2.45) is 0 Å². The summed E-state index contributed by atoms with van der Waals surface area (Å²) in [6.45, 7) is 6.98. The van der Waals surface area contributed by atoms with Crippen molar-refractivity contribution in [1.82, 2.24) is 9.80 Å². The monoisotopic (exact) mass is 384 g/mol. The number of benzene rings is 1. The van der Waals surface area contributed by atoms with Gasteiger partial charge in [0.2, 0.25) is 0 Å². The normalized spacial score (nSPS) is 16.3. The molecule has 0 aromatic heterocycles. The van der Waals surface area contributed by atoms with Crippen LogP contribution in [0.25, 0.3) is 0 Å². The first-order valence-electron chi connectivity index (χ1n) is 12.1. The molecule has 1 heterocycles. The van der Waals surface area contributed by atoms with Crippen molar-refractivity contribution in [2.75, 3.05) is 13.1 Å². The number of hydrogen-bond acceptors (Lipinski definition) is 2. The van der Waals surface area contributed by atoms with Gasteiger partial charge in [-0.2, -0.15) is 0 Å². The fourth-order valence-corrected chi connectivity index (χ4v) is 4.22. The molecular formula is C26H44N2. The van der Waals surface area contributed by atoms with Gasteiger partial charge in [0.1, 0.15) is 6.17 Å². The fourth-order valence-electron chi connectivity index (χ4n) is 4.22. The molecule has 2 heteroatoms. The third kappa shape index (κ3) is 8.71. The van der Waals surface area contributed by atoms with Crippen LogP contribution in [0.4, 0.5) is 0 Å². The van der Waals surface area contributed by atoms with Crippen LogP contribution in [-0.4, -0.2) is 29.1 Å². The first-order valence-corrected chi connectivity index (χ1v) is 12.1. The molecule has 0 N–H and O–H groups in total. The molecule has 158 valence electrons. The smallest absolute Gasteiger partial charge is 0.105 e. The number of nitrogens with zero attached hydrogens (tertiary/aromatic N) is 2. The lowest BCUT2D eigenvalue weighted by molar-refractivity contribution is 0.148. The Kier molecular flexibility index (Phi) is 11.9. The molecule has 2 rings (SSSR count). The molecule has 0 aliphatic carbocycles. The molecule has 0 radical (unpaired) electrons. The van der Waals surface area contributed by atoms with Crippen molar-refractivity contribution >= 4 is 0 Å². The summed E-state index contributed by atoms with van der Waals surface area (Å²) in [6, 6.07) is 11.0. The van der Waals surface area contributed by atoms with Gasteiger partial charge < -0.3 is 9.80 Å². The number of rotatable bonds is 16. The summed E-state index contributed by atoms with van der Waals surface area (Å²) in [5.74, 6) is 0. The lowest BCUT2D eigenvalue weighted by atomic mass is 10.1. The van der Waals surface area contributed by atoms with Crippen LogP contribution in [0.1, 0.15) is 96.5 Å². The summed E-state index contributed by atoms with van der Waals surface area (Å²) in [7, 11) is 0. The molecule has 0 fully saturated rings. The third-order valence-corrected chi connectivity index (χ3v) is 6.02. The topological polar surface area (TPSA) is 6.48 Å². The standard InChI is InChI=1S/C26H44N2/c1-3-5-7-8-9-10-11-12-17-21-28-23-22-27(20-16-6-4-2)26(28)24-25-18-14-13-15-19-25/h13-15,18-19,22-23,26H,3-12,16-17,20-21,24H2,1-2H3. The van der Waals surface area contributed by atoms with Crippen molar-refractivity contribution in [1.29, 1.82) is 0 Å². The van der Waals surface area contributed by atoms with Gasteiger partial charge in [0.15, 0.2) is 0 Å². The maximum Gasteiger partial charge on any atom is 0.105 e. The van der Waals surface area contributed by atoms with Gasteiger partial charge in [-0.15, -0.1) is 0 Å². The van der Waals surface area contributed by atoms with Crippen molar-refractivity contribution in [3.05, 3.63) is 48.3 Å². The van der Waals surface area contributed by atoms with Crippen molar-refractivity contribution in [2.45, 2.75) is 103 Å². The second kappa shape index (κ2) is 14.5. The van der Waals surface area contributed by atoms with E-state index in [9.17, 15) is 0 Å². The molecular weight excluding hydrogens is 340 g/mol. The number of hydrogen-bond donors (Lipinski definition) is 0.